The van der Waals surface area contributed by atoms with Crippen LogP contribution in [0.15, 0.2) is 54.6 Å². The Bertz CT molecular complexity index is 490. The van der Waals surface area contributed by atoms with Crippen molar-refractivity contribution in [1.82, 2.24) is 0 Å². The molecule has 2 rings (SSSR count). The summed E-state index contributed by atoms with van der Waals surface area (Å²) in [5.41, 5.74) is 5.17. The van der Waals surface area contributed by atoms with Crippen LogP contribution in [-0.2, 0) is 0 Å². The summed E-state index contributed by atoms with van der Waals surface area (Å²) in [5, 5.41) is 0. The Kier molecular flexibility index (Phi) is 3.21. The van der Waals surface area contributed by atoms with E-state index in [2.05, 4.69) is 67.6 Å². The van der Waals surface area contributed by atoms with E-state index in [4.69, 9.17) is 0 Å². The van der Waals surface area contributed by atoms with Crippen LogP contribution in [0, 0.1) is 6.92 Å². The number of hydrogen-bond donors (Lipinski definition) is 0. The Labute approximate surface area is 97.3 Å². The second kappa shape index (κ2) is 4.80. The summed E-state index contributed by atoms with van der Waals surface area (Å²) < 4.78 is 0. The minimum absolute atomic E-state index is 1.25. The zero-order valence-electron chi connectivity index (χ0n) is 9.77. The van der Waals surface area contributed by atoms with Crippen LogP contribution < -0.4 is 0 Å². The second-order valence-corrected chi connectivity index (χ2v) is 3.94. The van der Waals surface area contributed by atoms with Crippen LogP contribution in [-0.4, -0.2) is 0 Å². The third-order valence-corrected chi connectivity index (χ3v) is 2.73. The molecule has 0 nitrogen and oxygen atoms in total. The lowest BCUT2D eigenvalue weighted by atomic mass is 9.99. The van der Waals surface area contributed by atoms with Gasteiger partial charge in [-0.25, -0.2) is 0 Å². The van der Waals surface area contributed by atoms with Crippen molar-refractivity contribution in [3.05, 3.63) is 65.7 Å². The highest BCUT2D eigenvalue weighted by Gasteiger charge is 1.99. The third-order valence-electron chi connectivity index (χ3n) is 2.73. The first-order chi connectivity index (χ1) is 7.81. The molecule has 0 fully saturated rings. The molecule has 0 heterocycles. The molecule has 0 saturated heterocycles. The van der Waals surface area contributed by atoms with Gasteiger partial charge in [0.2, 0.25) is 0 Å². The fraction of sp³-hybridized carbons (Fsp3) is 0.125. The summed E-state index contributed by atoms with van der Waals surface area (Å²) in [6, 6.07) is 17.1. The Balaban J connectivity index is 2.39. The fourth-order valence-corrected chi connectivity index (χ4v) is 1.86. The van der Waals surface area contributed by atoms with E-state index in [0.29, 0.717) is 0 Å². The molecule has 0 radical (unpaired) electrons. The Morgan fingerprint density at radius 3 is 2.19 bits per heavy atom. The van der Waals surface area contributed by atoms with E-state index in [0.717, 1.165) is 0 Å². The van der Waals surface area contributed by atoms with Gasteiger partial charge in [0.05, 0.1) is 0 Å². The first kappa shape index (κ1) is 10.7. The molecular weight excluding hydrogens is 192 g/mol. The molecule has 0 N–H and O–H groups in total. The van der Waals surface area contributed by atoms with Gasteiger partial charge in [-0.05, 0) is 36.1 Å². The van der Waals surface area contributed by atoms with Crippen molar-refractivity contribution < 1.29 is 0 Å². The van der Waals surface area contributed by atoms with Crippen LogP contribution in [0.4, 0.5) is 0 Å². The van der Waals surface area contributed by atoms with Crippen molar-refractivity contribution >= 4 is 6.08 Å². The molecule has 0 spiro atoms. The van der Waals surface area contributed by atoms with Gasteiger partial charge < -0.3 is 0 Å². The van der Waals surface area contributed by atoms with Crippen LogP contribution in [0.3, 0.4) is 0 Å². The molecule has 80 valence electrons. The monoisotopic (exact) mass is 208 g/mol. The lowest BCUT2D eigenvalue weighted by Gasteiger charge is -2.05. The van der Waals surface area contributed by atoms with E-state index < -0.39 is 0 Å². The lowest BCUT2D eigenvalue weighted by Crippen LogP contribution is -1.82. The highest BCUT2D eigenvalue weighted by atomic mass is 14.0. The Morgan fingerprint density at radius 2 is 1.56 bits per heavy atom. The van der Waals surface area contributed by atoms with Gasteiger partial charge in [0.25, 0.3) is 0 Å². The molecule has 0 heteroatoms. The maximum atomic E-state index is 2.18. The molecule has 0 aliphatic heterocycles. The Hall–Kier alpha value is -1.82. The standard InChI is InChI=1S/C16H16/c1-3-6-14-9-11-15(12-10-14)16-8-5-4-7-13(16)2/h3-12H,1-2H3. The second-order valence-electron chi connectivity index (χ2n) is 3.94. The van der Waals surface area contributed by atoms with E-state index in [9.17, 15) is 0 Å². The van der Waals surface area contributed by atoms with Crippen molar-refractivity contribution in [3.8, 4) is 11.1 Å². The van der Waals surface area contributed by atoms with Gasteiger partial charge in [-0.15, -0.1) is 0 Å². The topological polar surface area (TPSA) is 0 Å². The molecule has 0 atom stereocenters. The predicted molar refractivity (Wildman–Crippen MR) is 71.3 cm³/mol. The van der Waals surface area contributed by atoms with E-state index in [1.54, 1.807) is 0 Å². The van der Waals surface area contributed by atoms with E-state index in [1.165, 1.54) is 22.3 Å². The maximum absolute atomic E-state index is 2.18. The van der Waals surface area contributed by atoms with Crippen LogP contribution >= 0.6 is 0 Å². The van der Waals surface area contributed by atoms with Crippen LogP contribution in [0.2, 0.25) is 0 Å². The van der Waals surface area contributed by atoms with Gasteiger partial charge >= 0.3 is 0 Å². The third kappa shape index (κ3) is 2.22. The van der Waals surface area contributed by atoms with Crippen molar-refractivity contribution in [2.75, 3.05) is 0 Å². The van der Waals surface area contributed by atoms with Gasteiger partial charge in [0.1, 0.15) is 0 Å². The van der Waals surface area contributed by atoms with Gasteiger partial charge in [-0.3, -0.25) is 0 Å². The van der Waals surface area contributed by atoms with E-state index >= 15 is 0 Å². The summed E-state index contributed by atoms with van der Waals surface area (Å²) in [7, 11) is 0. The first-order valence-electron chi connectivity index (χ1n) is 5.60. The Morgan fingerprint density at radius 1 is 0.875 bits per heavy atom. The normalized spacial score (nSPS) is 10.9. The van der Waals surface area contributed by atoms with Crippen molar-refractivity contribution in [2.24, 2.45) is 0 Å². The minimum Gasteiger partial charge on any atom is -0.0871 e. The molecule has 0 aliphatic carbocycles. The molecule has 0 aliphatic rings. The zero-order chi connectivity index (χ0) is 11.4. The van der Waals surface area contributed by atoms with Gasteiger partial charge in [0.15, 0.2) is 0 Å². The average Bonchev–Trinajstić information content (AvgIpc) is 2.31. The van der Waals surface area contributed by atoms with Crippen LogP contribution in [0.5, 0.6) is 0 Å². The summed E-state index contributed by atoms with van der Waals surface area (Å²) in [6.07, 6.45) is 4.17. The molecular formula is C16H16. The number of allylic oxidation sites excluding steroid dienone is 1. The van der Waals surface area contributed by atoms with Crippen molar-refractivity contribution in [2.45, 2.75) is 13.8 Å². The minimum atomic E-state index is 1.25. The van der Waals surface area contributed by atoms with Gasteiger partial charge in [0, 0.05) is 0 Å². The van der Waals surface area contributed by atoms with Crippen molar-refractivity contribution in [1.29, 1.82) is 0 Å². The van der Waals surface area contributed by atoms with Crippen LogP contribution in [0.1, 0.15) is 18.1 Å². The molecule has 0 unspecified atom stereocenters. The number of hydrogen-bond acceptors (Lipinski definition) is 0. The molecule has 2 aromatic carbocycles. The summed E-state index contributed by atoms with van der Waals surface area (Å²) in [5.74, 6) is 0. The lowest BCUT2D eigenvalue weighted by molar-refractivity contribution is 1.46. The molecule has 0 bridgehead atoms. The van der Waals surface area contributed by atoms with Crippen molar-refractivity contribution in [3.63, 3.8) is 0 Å². The van der Waals surface area contributed by atoms with E-state index in [1.807, 2.05) is 6.92 Å². The van der Waals surface area contributed by atoms with E-state index in [-0.39, 0.29) is 0 Å². The summed E-state index contributed by atoms with van der Waals surface area (Å²) in [6.45, 7) is 4.18. The zero-order valence-corrected chi connectivity index (χ0v) is 9.77. The summed E-state index contributed by atoms with van der Waals surface area (Å²) >= 11 is 0. The maximum Gasteiger partial charge on any atom is -0.0155 e. The summed E-state index contributed by atoms with van der Waals surface area (Å²) in [4.78, 5) is 0. The molecule has 0 amide bonds. The number of aryl methyl sites for hydroxylation is 1. The largest absolute Gasteiger partial charge is 0.0871 e. The predicted octanol–water partition coefficient (Wildman–Crippen LogP) is 4.70. The quantitative estimate of drug-likeness (QED) is 0.671. The smallest absolute Gasteiger partial charge is 0.0155 e. The molecule has 0 aromatic heterocycles. The highest BCUT2D eigenvalue weighted by Crippen LogP contribution is 2.23. The van der Waals surface area contributed by atoms with Gasteiger partial charge in [-0.1, -0.05) is 60.7 Å². The molecule has 2 aromatic rings. The first-order valence-corrected chi connectivity index (χ1v) is 5.60. The van der Waals surface area contributed by atoms with Gasteiger partial charge in [-0.2, -0.15) is 0 Å². The SMILES string of the molecule is CC=Cc1ccc(-c2ccccc2C)cc1. The average molecular weight is 208 g/mol. The fourth-order valence-electron chi connectivity index (χ4n) is 1.86. The molecule has 0 saturated carbocycles. The number of rotatable bonds is 2. The molecule has 16 heavy (non-hydrogen) atoms. The highest BCUT2D eigenvalue weighted by molar-refractivity contribution is 5.68. The number of benzene rings is 2. The van der Waals surface area contributed by atoms with Crippen LogP contribution in [0.25, 0.3) is 17.2 Å².